The third kappa shape index (κ3) is 5.27. The van der Waals surface area contributed by atoms with Crippen LogP contribution >= 0.6 is 0 Å². The van der Waals surface area contributed by atoms with E-state index >= 15 is 0 Å². The summed E-state index contributed by atoms with van der Waals surface area (Å²) in [7, 11) is 4.44. The van der Waals surface area contributed by atoms with Crippen LogP contribution in [-0.2, 0) is 6.54 Å². The second-order valence-corrected chi connectivity index (χ2v) is 6.46. The third-order valence-corrected chi connectivity index (χ3v) is 4.35. The molecule has 2 aromatic carbocycles. The highest BCUT2D eigenvalue weighted by atomic mass is 19.4. The normalized spacial score (nSPS) is 11.2. The average molecular weight is 436 g/mol. The molecule has 0 unspecified atom stereocenters. The number of hydrogen-bond donors (Lipinski definition) is 0. The third-order valence-electron chi connectivity index (χ3n) is 4.35. The molecule has 0 bridgehead atoms. The Morgan fingerprint density at radius 3 is 2.48 bits per heavy atom. The van der Waals surface area contributed by atoms with E-state index in [0.717, 1.165) is 0 Å². The fraction of sp³-hybridized carbons (Fsp3) is 0.238. The highest BCUT2D eigenvalue weighted by molar-refractivity contribution is 5.93. The van der Waals surface area contributed by atoms with E-state index in [2.05, 4.69) is 9.89 Å². The number of para-hydroxylation sites is 1. The van der Waals surface area contributed by atoms with Crippen LogP contribution in [0.1, 0.15) is 16.1 Å². The second-order valence-electron chi connectivity index (χ2n) is 6.46. The van der Waals surface area contributed by atoms with Crippen molar-refractivity contribution >= 4 is 5.91 Å². The maximum Gasteiger partial charge on any atom is 0.573 e. The Morgan fingerprint density at radius 1 is 1.06 bits per heavy atom. The molecule has 0 aliphatic carbocycles. The molecule has 164 valence electrons. The summed E-state index contributed by atoms with van der Waals surface area (Å²) < 4.78 is 57.7. The van der Waals surface area contributed by atoms with Crippen molar-refractivity contribution in [3.8, 4) is 28.6 Å². The van der Waals surface area contributed by atoms with Gasteiger partial charge >= 0.3 is 6.36 Å². The van der Waals surface area contributed by atoms with Crippen molar-refractivity contribution in [2.75, 3.05) is 21.3 Å². The number of ether oxygens (including phenoxy) is 3. The van der Waals surface area contributed by atoms with Gasteiger partial charge in [0.2, 0.25) is 0 Å². The number of benzene rings is 2. The number of rotatable bonds is 7. The zero-order valence-corrected chi connectivity index (χ0v) is 16.9. The molecule has 3 aromatic rings. The Morgan fingerprint density at radius 2 is 1.81 bits per heavy atom. The molecule has 31 heavy (non-hydrogen) atoms. The molecule has 0 radical (unpaired) electrons. The second kappa shape index (κ2) is 8.99. The topological polar surface area (TPSA) is 74.0 Å². The van der Waals surface area contributed by atoms with Gasteiger partial charge in [0.05, 0.1) is 19.8 Å². The van der Waals surface area contributed by atoms with Crippen molar-refractivity contribution in [3.05, 3.63) is 59.8 Å². The van der Waals surface area contributed by atoms with Crippen LogP contribution < -0.4 is 14.2 Å². The Balaban J connectivity index is 1.81. The van der Waals surface area contributed by atoms with Crippen LogP contribution in [0.2, 0.25) is 0 Å². The maximum absolute atomic E-state index is 12.8. The summed E-state index contributed by atoms with van der Waals surface area (Å²) in [6.45, 7) is -0.129. The molecule has 1 aromatic heterocycles. The van der Waals surface area contributed by atoms with Gasteiger partial charge in [-0.25, -0.2) is 0 Å². The monoisotopic (exact) mass is 436 g/mol. The molecular formula is C21H19F3N2O5. The van der Waals surface area contributed by atoms with Crippen LogP contribution in [0.4, 0.5) is 13.2 Å². The molecule has 7 nitrogen and oxygen atoms in total. The van der Waals surface area contributed by atoms with E-state index in [1.54, 1.807) is 24.3 Å². The molecule has 0 aliphatic rings. The number of hydrogen-bond acceptors (Lipinski definition) is 6. The van der Waals surface area contributed by atoms with Gasteiger partial charge in [0.15, 0.2) is 11.5 Å². The molecule has 1 heterocycles. The molecule has 3 rings (SSSR count). The van der Waals surface area contributed by atoms with Crippen LogP contribution in [0, 0.1) is 0 Å². The lowest BCUT2D eigenvalue weighted by atomic mass is 10.1. The minimum absolute atomic E-state index is 0.0170. The summed E-state index contributed by atoms with van der Waals surface area (Å²) in [5, 5.41) is 3.79. The van der Waals surface area contributed by atoms with E-state index in [1.807, 2.05) is 0 Å². The quantitative estimate of drug-likeness (QED) is 0.542. The molecule has 0 atom stereocenters. The van der Waals surface area contributed by atoms with Gasteiger partial charge in [-0.2, -0.15) is 0 Å². The summed E-state index contributed by atoms with van der Waals surface area (Å²) in [6, 6.07) is 12.1. The number of alkyl halides is 3. The minimum Gasteiger partial charge on any atom is -0.497 e. The first-order valence-corrected chi connectivity index (χ1v) is 9.00. The lowest BCUT2D eigenvalue weighted by Gasteiger charge is -2.18. The van der Waals surface area contributed by atoms with Crippen molar-refractivity contribution in [2.45, 2.75) is 12.9 Å². The van der Waals surface area contributed by atoms with Gasteiger partial charge in [0, 0.05) is 25.2 Å². The first kappa shape index (κ1) is 22.0. The predicted octanol–water partition coefficient (Wildman–Crippen LogP) is 4.53. The van der Waals surface area contributed by atoms with Crippen molar-refractivity contribution in [1.82, 2.24) is 10.1 Å². The van der Waals surface area contributed by atoms with Gasteiger partial charge in [-0.3, -0.25) is 4.79 Å². The Kier molecular flexibility index (Phi) is 6.38. The van der Waals surface area contributed by atoms with Gasteiger partial charge in [-0.05, 0) is 24.3 Å². The first-order chi connectivity index (χ1) is 14.7. The molecule has 0 saturated heterocycles. The van der Waals surface area contributed by atoms with E-state index in [0.29, 0.717) is 17.1 Å². The fourth-order valence-electron chi connectivity index (χ4n) is 2.89. The smallest absolute Gasteiger partial charge is 0.497 e. The summed E-state index contributed by atoms with van der Waals surface area (Å²) >= 11 is 0. The summed E-state index contributed by atoms with van der Waals surface area (Å²) in [5.41, 5.74) is 0.699. The molecular weight excluding hydrogens is 417 g/mol. The number of aromatic nitrogens is 1. The Bertz CT molecular complexity index is 1070. The van der Waals surface area contributed by atoms with E-state index in [1.165, 1.54) is 50.4 Å². The number of carbonyl (C=O) groups is 1. The highest BCUT2D eigenvalue weighted by Crippen LogP contribution is 2.34. The summed E-state index contributed by atoms with van der Waals surface area (Å²) in [4.78, 5) is 14.0. The standard InChI is InChI=1S/C21H19F3N2O5/c1-26(12-13-6-4-5-7-17(13)30-21(22,23)24)20(27)16-11-19(31-25-16)15-10-14(28-2)8-9-18(15)29-3/h4-11H,12H2,1-3H3. The SMILES string of the molecule is COc1ccc(OC)c(-c2cc(C(=O)N(C)Cc3ccccc3OC(F)(F)F)no2)c1. The fourth-order valence-corrected chi connectivity index (χ4v) is 2.89. The van der Waals surface area contributed by atoms with Crippen LogP contribution in [0.25, 0.3) is 11.3 Å². The highest BCUT2D eigenvalue weighted by Gasteiger charge is 2.32. The zero-order chi connectivity index (χ0) is 22.6. The van der Waals surface area contributed by atoms with Crippen molar-refractivity contribution in [2.24, 2.45) is 0 Å². The largest absolute Gasteiger partial charge is 0.573 e. The lowest BCUT2D eigenvalue weighted by molar-refractivity contribution is -0.275. The van der Waals surface area contributed by atoms with Gasteiger partial charge in [0.25, 0.3) is 5.91 Å². The van der Waals surface area contributed by atoms with E-state index in [9.17, 15) is 18.0 Å². The van der Waals surface area contributed by atoms with E-state index < -0.39 is 12.3 Å². The van der Waals surface area contributed by atoms with Crippen LogP contribution in [0.3, 0.4) is 0 Å². The van der Waals surface area contributed by atoms with E-state index in [-0.39, 0.29) is 29.3 Å². The summed E-state index contributed by atoms with van der Waals surface area (Å²) in [5.74, 6) is 0.393. The van der Waals surface area contributed by atoms with Gasteiger partial charge in [-0.1, -0.05) is 23.4 Å². The van der Waals surface area contributed by atoms with E-state index in [4.69, 9.17) is 14.0 Å². The average Bonchev–Trinajstić information content (AvgIpc) is 3.23. The number of halogens is 3. The van der Waals surface area contributed by atoms with Crippen molar-refractivity contribution < 1.29 is 36.7 Å². The molecule has 0 spiro atoms. The Labute approximate surface area is 175 Å². The molecule has 0 aliphatic heterocycles. The molecule has 0 fully saturated rings. The zero-order valence-electron chi connectivity index (χ0n) is 16.9. The number of amides is 1. The predicted molar refractivity (Wildman–Crippen MR) is 104 cm³/mol. The Hall–Kier alpha value is -3.69. The van der Waals surface area contributed by atoms with Gasteiger partial charge in [-0.15, -0.1) is 13.2 Å². The van der Waals surface area contributed by atoms with Crippen molar-refractivity contribution in [1.29, 1.82) is 0 Å². The lowest BCUT2D eigenvalue weighted by Crippen LogP contribution is -2.27. The minimum atomic E-state index is -4.84. The maximum atomic E-state index is 12.8. The molecule has 1 amide bonds. The summed E-state index contributed by atoms with van der Waals surface area (Å²) in [6.07, 6.45) is -4.84. The van der Waals surface area contributed by atoms with Crippen LogP contribution in [0.5, 0.6) is 17.2 Å². The molecule has 0 N–H and O–H groups in total. The van der Waals surface area contributed by atoms with Gasteiger partial charge in [0.1, 0.15) is 17.2 Å². The molecule has 0 saturated carbocycles. The van der Waals surface area contributed by atoms with Crippen LogP contribution in [-0.4, -0.2) is 43.6 Å². The first-order valence-electron chi connectivity index (χ1n) is 9.00. The number of nitrogens with zero attached hydrogens (tertiary/aromatic N) is 2. The van der Waals surface area contributed by atoms with Crippen molar-refractivity contribution in [3.63, 3.8) is 0 Å². The van der Waals surface area contributed by atoms with Crippen LogP contribution in [0.15, 0.2) is 53.1 Å². The molecule has 10 heteroatoms. The number of carbonyl (C=O) groups excluding carboxylic acids is 1. The number of methoxy groups -OCH3 is 2. The van der Waals surface area contributed by atoms with Gasteiger partial charge < -0.3 is 23.6 Å².